The number of benzene rings is 2. The Morgan fingerprint density at radius 2 is 1.83 bits per heavy atom. The average molecular weight is 576 g/mol. The monoisotopic (exact) mass is 575 g/mol. The van der Waals surface area contributed by atoms with Crippen molar-refractivity contribution in [2.45, 2.75) is 77.9 Å². The molecule has 2 aromatic carbocycles. The van der Waals surface area contributed by atoms with E-state index in [1.165, 1.54) is 6.07 Å². The smallest absolute Gasteiger partial charge is 0.257 e. The van der Waals surface area contributed by atoms with Crippen LogP contribution in [0.3, 0.4) is 0 Å². The Bertz CT molecular complexity index is 1350. The first-order valence-corrected chi connectivity index (χ1v) is 14.9. The van der Waals surface area contributed by atoms with Crippen LogP contribution in [-0.2, 0) is 10.2 Å². The number of hydrogen-bond donors (Lipinski definition) is 2. The number of nitrogens with one attached hydrogen (secondary N) is 1. The second kappa shape index (κ2) is 12.4. The van der Waals surface area contributed by atoms with E-state index < -0.39 is 23.4 Å². The Morgan fingerprint density at radius 1 is 1.12 bits per heavy atom. The molecule has 1 fully saturated rings. The van der Waals surface area contributed by atoms with E-state index in [9.17, 15) is 14.7 Å². The molecule has 6 nitrogen and oxygen atoms in total. The fourth-order valence-corrected chi connectivity index (χ4v) is 6.25. The summed E-state index contributed by atoms with van der Waals surface area (Å²) in [6.45, 7) is 12.6. The van der Waals surface area contributed by atoms with Gasteiger partial charge in [-0.05, 0) is 80.9 Å². The molecular weight excluding hydrogens is 529 g/mol. The third kappa shape index (κ3) is 7.30. The first-order valence-electron chi connectivity index (χ1n) is 14.9. The van der Waals surface area contributed by atoms with Crippen molar-refractivity contribution in [2.75, 3.05) is 25.5 Å². The Kier molecular flexibility index (Phi) is 9.31. The van der Waals surface area contributed by atoms with Crippen molar-refractivity contribution in [3.8, 4) is 0 Å². The van der Waals surface area contributed by atoms with Gasteiger partial charge in [0.15, 0.2) is 0 Å². The topological polar surface area (TPSA) is 72.9 Å². The Morgan fingerprint density at radius 3 is 2.45 bits per heavy atom. The highest BCUT2D eigenvalue weighted by Gasteiger charge is 2.43. The molecule has 2 N–H and O–H groups in total. The van der Waals surface area contributed by atoms with Crippen molar-refractivity contribution in [2.24, 2.45) is 11.8 Å². The van der Waals surface area contributed by atoms with Gasteiger partial charge in [0, 0.05) is 37.4 Å². The van der Waals surface area contributed by atoms with Gasteiger partial charge in [0.1, 0.15) is 5.82 Å². The van der Waals surface area contributed by atoms with E-state index in [0.29, 0.717) is 37.9 Å². The van der Waals surface area contributed by atoms with E-state index in [1.54, 1.807) is 37.8 Å². The van der Waals surface area contributed by atoms with Gasteiger partial charge in [-0.2, -0.15) is 0 Å². The predicted octanol–water partition coefficient (Wildman–Crippen LogP) is 6.45. The quantitative estimate of drug-likeness (QED) is 0.398. The van der Waals surface area contributed by atoms with E-state index in [0.717, 1.165) is 16.9 Å². The number of allylic oxidation sites excluding steroid dienone is 2. The number of carbonyl (C=O) groups excluding carboxylic acids is 2. The number of aryl methyl sites for hydroxylation is 1. The molecule has 2 aliphatic rings. The van der Waals surface area contributed by atoms with Crippen LogP contribution in [0, 0.1) is 24.6 Å². The Labute approximate surface area is 250 Å². The molecular formula is C35H46FN3O3. The van der Waals surface area contributed by atoms with Crippen LogP contribution in [-0.4, -0.2) is 58.5 Å². The van der Waals surface area contributed by atoms with Gasteiger partial charge < -0.3 is 20.2 Å². The molecule has 1 heterocycles. The van der Waals surface area contributed by atoms with Crippen LogP contribution in [0.2, 0.25) is 0 Å². The van der Waals surface area contributed by atoms with Gasteiger partial charge >= 0.3 is 0 Å². The molecule has 1 aliphatic carbocycles. The van der Waals surface area contributed by atoms with Crippen molar-refractivity contribution in [1.82, 2.24) is 9.80 Å². The van der Waals surface area contributed by atoms with Crippen LogP contribution in [0.5, 0.6) is 0 Å². The molecule has 3 atom stereocenters. The summed E-state index contributed by atoms with van der Waals surface area (Å²) in [4.78, 5) is 31.7. The first-order chi connectivity index (χ1) is 19.7. The molecule has 226 valence electrons. The molecule has 0 spiro atoms. The van der Waals surface area contributed by atoms with Crippen LogP contribution in [0.4, 0.5) is 10.1 Å². The molecule has 7 heteroatoms. The summed E-state index contributed by atoms with van der Waals surface area (Å²) in [6.07, 6.45) is 8.09. The molecule has 1 aliphatic heterocycles. The van der Waals surface area contributed by atoms with Crippen LogP contribution in [0.15, 0.2) is 66.4 Å². The van der Waals surface area contributed by atoms with Crippen LogP contribution >= 0.6 is 0 Å². The van der Waals surface area contributed by atoms with Gasteiger partial charge in [-0.1, -0.05) is 57.2 Å². The highest BCUT2D eigenvalue weighted by molar-refractivity contribution is 5.98. The number of hydrogen-bond acceptors (Lipinski definition) is 4. The fraction of sp³-hybridized carbons (Fsp3) is 0.486. The van der Waals surface area contributed by atoms with Crippen molar-refractivity contribution in [3.05, 3.63) is 88.9 Å². The van der Waals surface area contributed by atoms with Crippen molar-refractivity contribution < 1.29 is 19.1 Å². The maximum atomic E-state index is 15.0. The molecule has 1 saturated heterocycles. The summed E-state index contributed by atoms with van der Waals surface area (Å²) in [5.41, 5.74) is 2.57. The van der Waals surface area contributed by atoms with E-state index in [4.69, 9.17) is 0 Å². The SMILES string of the molecule is Cc1cccc(F)c1C(=O)N1CCCC(C(=O)Nc2cccc(C(C)(C)C)c2)C1[C@@H]1C=CC(N(C)CC(C)(C)O)=CC1. The summed E-state index contributed by atoms with van der Waals surface area (Å²) in [7, 11) is 1.94. The molecule has 42 heavy (non-hydrogen) atoms. The second-order valence-electron chi connectivity index (χ2n) is 13.5. The number of likely N-dealkylation sites (tertiary alicyclic amines) is 1. The summed E-state index contributed by atoms with van der Waals surface area (Å²) >= 11 is 0. The zero-order valence-electron chi connectivity index (χ0n) is 26.1. The lowest BCUT2D eigenvalue weighted by Gasteiger charge is -2.45. The predicted molar refractivity (Wildman–Crippen MR) is 167 cm³/mol. The fourth-order valence-electron chi connectivity index (χ4n) is 6.25. The maximum absolute atomic E-state index is 15.0. The van der Waals surface area contributed by atoms with Gasteiger partial charge in [-0.15, -0.1) is 0 Å². The van der Waals surface area contributed by atoms with Crippen molar-refractivity contribution >= 4 is 17.5 Å². The molecule has 0 aromatic heterocycles. The summed E-state index contributed by atoms with van der Waals surface area (Å²) in [5, 5.41) is 13.4. The van der Waals surface area contributed by atoms with Gasteiger partial charge in [-0.25, -0.2) is 4.39 Å². The lowest BCUT2D eigenvalue weighted by Crippen LogP contribution is -2.55. The Hall–Kier alpha value is -3.45. The van der Waals surface area contributed by atoms with E-state index >= 15 is 4.39 Å². The van der Waals surface area contributed by atoms with Crippen molar-refractivity contribution in [1.29, 1.82) is 0 Å². The lowest BCUT2D eigenvalue weighted by atomic mass is 9.77. The van der Waals surface area contributed by atoms with Gasteiger partial charge in [0.2, 0.25) is 5.91 Å². The summed E-state index contributed by atoms with van der Waals surface area (Å²) in [5.74, 6) is -1.63. The third-order valence-electron chi connectivity index (χ3n) is 8.33. The minimum atomic E-state index is -0.849. The minimum absolute atomic E-state index is 0.0652. The number of anilines is 1. The Balaban J connectivity index is 1.66. The van der Waals surface area contributed by atoms with Crippen LogP contribution in [0.25, 0.3) is 0 Å². The van der Waals surface area contributed by atoms with Crippen LogP contribution in [0.1, 0.15) is 75.4 Å². The average Bonchev–Trinajstić information content (AvgIpc) is 2.91. The number of aliphatic hydroxyl groups is 1. The van der Waals surface area contributed by atoms with Gasteiger partial charge in [-0.3, -0.25) is 9.59 Å². The number of carbonyl (C=O) groups is 2. The molecule has 0 saturated carbocycles. The third-order valence-corrected chi connectivity index (χ3v) is 8.33. The van der Waals surface area contributed by atoms with E-state index in [1.807, 2.05) is 36.2 Å². The number of halogens is 1. The second-order valence-corrected chi connectivity index (χ2v) is 13.5. The molecule has 2 amide bonds. The number of likely N-dealkylation sites (N-methyl/N-ethyl adjacent to an activating group) is 1. The molecule has 2 unspecified atom stereocenters. The number of amides is 2. The molecule has 2 aromatic rings. The molecule has 0 bridgehead atoms. The van der Waals surface area contributed by atoms with Crippen LogP contribution < -0.4 is 5.32 Å². The summed E-state index contributed by atoms with van der Waals surface area (Å²) < 4.78 is 15.0. The zero-order valence-corrected chi connectivity index (χ0v) is 26.1. The summed E-state index contributed by atoms with van der Waals surface area (Å²) in [6, 6.07) is 12.1. The number of rotatable bonds is 7. The standard InChI is InChI=1S/C35H46FN3O3/c1-23-11-8-15-29(36)30(23)33(41)39-20-10-14-28(32(40)37-26-13-9-12-25(21-26)34(2,3)4)31(39)24-16-18-27(19-17-24)38(7)22-35(5,6)42/h8-9,11-13,15-16,18-19,21,24,28,31,42H,10,14,17,20,22H2,1-7H3,(H,37,40)/t24-,28?,31?/m1/s1. The van der Waals surface area contributed by atoms with E-state index in [-0.39, 0.29) is 28.7 Å². The number of piperidine rings is 1. The van der Waals surface area contributed by atoms with Crippen molar-refractivity contribution in [3.63, 3.8) is 0 Å². The first kappa shape index (κ1) is 31.5. The van der Waals surface area contributed by atoms with Gasteiger partial charge in [0.05, 0.1) is 23.1 Å². The van der Waals surface area contributed by atoms with E-state index in [2.05, 4.69) is 44.3 Å². The molecule has 0 radical (unpaired) electrons. The zero-order chi connectivity index (χ0) is 30.8. The number of nitrogens with zero attached hydrogens (tertiary/aromatic N) is 2. The molecule has 4 rings (SSSR count). The maximum Gasteiger partial charge on any atom is 0.257 e. The normalized spacial score (nSPS) is 21.1. The van der Waals surface area contributed by atoms with Gasteiger partial charge in [0.25, 0.3) is 5.91 Å². The lowest BCUT2D eigenvalue weighted by molar-refractivity contribution is -0.123. The highest BCUT2D eigenvalue weighted by atomic mass is 19.1. The highest BCUT2D eigenvalue weighted by Crippen LogP contribution is 2.37. The largest absolute Gasteiger partial charge is 0.389 e. The minimum Gasteiger partial charge on any atom is -0.389 e.